The molecular formula is C11H25NS. The summed E-state index contributed by atoms with van der Waals surface area (Å²) in [5, 5.41) is 0. The van der Waals surface area contributed by atoms with Crippen molar-refractivity contribution in [2.24, 2.45) is 0 Å². The normalized spacial score (nSPS) is 11.1. The molecule has 0 rings (SSSR count). The first-order valence-corrected chi connectivity index (χ1v) is 6.67. The molecule has 0 bridgehead atoms. The summed E-state index contributed by atoms with van der Waals surface area (Å²) in [5.41, 5.74) is 0. The SMILES string of the molecule is CCCCCCCSN(CC)CC. The van der Waals surface area contributed by atoms with Gasteiger partial charge >= 0.3 is 0 Å². The second-order valence-electron chi connectivity index (χ2n) is 3.36. The van der Waals surface area contributed by atoms with Crippen LogP contribution >= 0.6 is 11.9 Å². The Morgan fingerprint density at radius 1 is 0.846 bits per heavy atom. The number of hydrogen-bond donors (Lipinski definition) is 0. The molecule has 0 aliphatic carbocycles. The van der Waals surface area contributed by atoms with E-state index in [1.807, 2.05) is 11.9 Å². The third-order valence-corrected chi connectivity index (χ3v) is 3.58. The van der Waals surface area contributed by atoms with E-state index in [0.717, 1.165) is 0 Å². The summed E-state index contributed by atoms with van der Waals surface area (Å²) in [6.07, 6.45) is 7.00. The van der Waals surface area contributed by atoms with Crippen molar-refractivity contribution in [3.63, 3.8) is 0 Å². The molecule has 0 fully saturated rings. The average molecular weight is 203 g/mol. The van der Waals surface area contributed by atoms with Crippen molar-refractivity contribution in [3.8, 4) is 0 Å². The van der Waals surface area contributed by atoms with Crippen LogP contribution in [0.25, 0.3) is 0 Å². The van der Waals surface area contributed by atoms with Gasteiger partial charge in [-0.05, 0) is 6.42 Å². The lowest BCUT2D eigenvalue weighted by Gasteiger charge is -2.16. The standard InChI is InChI=1S/C11H25NS/c1-4-7-8-9-10-11-13-12(5-2)6-3/h4-11H2,1-3H3. The molecule has 0 heterocycles. The first-order valence-electron chi connectivity index (χ1n) is 5.73. The molecule has 2 heteroatoms. The molecule has 0 unspecified atom stereocenters. The first kappa shape index (κ1) is 13.3. The van der Waals surface area contributed by atoms with Crippen molar-refractivity contribution in [1.82, 2.24) is 4.31 Å². The fourth-order valence-corrected chi connectivity index (χ4v) is 2.26. The summed E-state index contributed by atoms with van der Waals surface area (Å²) in [4.78, 5) is 0. The lowest BCUT2D eigenvalue weighted by Crippen LogP contribution is -2.14. The third-order valence-electron chi connectivity index (χ3n) is 2.23. The van der Waals surface area contributed by atoms with E-state index in [4.69, 9.17) is 0 Å². The highest BCUT2D eigenvalue weighted by Crippen LogP contribution is 2.12. The minimum Gasteiger partial charge on any atom is -0.251 e. The predicted octanol–water partition coefficient (Wildman–Crippen LogP) is 3.95. The Kier molecular flexibility index (Phi) is 10.6. The second-order valence-corrected chi connectivity index (χ2v) is 4.54. The fraction of sp³-hybridized carbons (Fsp3) is 1.00. The summed E-state index contributed by atoms with van der Waals surface area (Å²) < 4.78 is 2.43. The maximum atomic E-state index is 2.43. The quantitative estimate of drug-likeness (QED) is 0.412. The second kappa shape index (κ2) is 10.4. The Morgan fingerprint density at radius 2 is 1.46 bits per heavy atom. The van der Waals surface area contributed by atoms with Crippen molar-refractivity contribution in [3.05, 3.63) is 0 Å². The zero-order valence-corrected chi connectivity index (χ0v) is 10.3. The topological polar surface area (TPSA) is 3.24 Å². The molecular weight excluding hydrogens is 178 g/mol. The Balaban J connectivity index is 3.05. The largest absolute Gasteiger partial charge is 0.251 e. The number of rotatable bonds is 9. The minimum absolute atomic E-state index is 1.18. The van der Waals surface area contributed by atoms with Crippen LogP contribution in [0.1, 0.15) is 52.9 Å². The Hall–Kier alpha value is 0.310. The van der Waals surface area contributed by atoms with E-state index >= 15 is 0 Å². The monoisotopic (exact) mass is 203 g/mol. The van der Waals surface area contributed by atoms with Crippen LogP contribution in [-0.4, -0.2) is 23.1 Å². The Labute approximate surface area is 88.4 Å². The van der Waals surface area contributed by atoms with Gasteiger partial charge in [0.2, 0.25) is 0 Å². The molecule has 0 saturated carbocycles. The molecule has 0 atom stereocenters. The number of unbranched alkanes of at least 4 members (excludes halogenated alkanes) is 4. The van der Waals surface area contributed by atoms with Gasteiger partial charge in [-0.1, -0.05) is 58.4 Å². The predicted molar refractivity (Wildman–Crippen MR) is 64.1 cm³/mol. The van der Waals surface area contributed by atoms with E-state index in [1.54, 1.807) is 0 Å². The molecule has 0 aliphatic heterocycles. The average Bonchev–Trinajstić information content (AvgIpc) is 2.17. The first-order chi connectivity index (χ1) is 6.35. The van der Waals surface area contributed by atoms with Gasteiger partial charge in [0.05, 0.1) is 0 Å². The zero-order chi connectivity index (χ0) is 9.94. The van der Waals surface area contributed by atoms with Gasteiger partial charge in [-0.25, -0.2) is 0 Å². The third kappa shape index (κ3) is 8.63. The highest BCUT2D eigenvalue weighted by Gasteiger charge is 1.98. The molecule has 13 heavy (non-hydrogen) atoms. The minimum atomic E-state index is 1.18. The lowest BCUT2D eigenvalue weighted by molar-refractivity contribution is 0.523. The number of hydrogen-bond acceptors (Lipinski definition) is 2. The van der Waals surface area contributed by atoms with Gasteiger partial charge in [-0.15, -0.1) is 0 Å². The Morgan fingerprint density at radius 3 is 2.00 bits per heavy atom. The van der Waals surface area contributed by atoms with Crippen LogP contribution in [0.2, 0.25) is 0 Å². The van der Waals surface area contributed by atoms with E-state index in [1.165, 1.54) is 50.9 Å². The molecule has 0 aromatic heterocycles. The molecule has 0 saturated heterocycles. The maximum Gasteiger partial charge on any atom is 0.00808 e. The summed E-state index contributed by atoms with van der Waals surface area (Å²) >= 11 is 2.01. The van der Waals surface area contributed by atoms with Gasteiger partial charge in [-0.2, -0.15) is 0 Å². The van der Waals surface area contributed by atoms with E-state index in [9.17, 15) is 0 Å². The molecule has 0 N–H and O–H groups in total. The molecule has 0 amide bonds. The van der Waals surface area contributed by atoms with E-state index in [0.29, 0.717) is 0 Å². The van der Waals surface area contributed by atoms with Crippen LogP contribution < -0.4 is 0 Å². The molecule has 80 valence electrons. The van der Waals surface area contributed by atoms with Gasteiger partial charge in [0.15, 0.2) is 0 Å². The summed E-state index contributed by atoms with van der Waals surface area (Å²) in [6.45, 7) is 9.08. The van der Waals surface area contributed by atoms with Gasteiger partial charge < -0.3 is 0 Å². The van der Waals surface area contributed by atoms with E-state index in [2.05, 4.69) is 25.1 Å². The van der Waals surface area contributed by atoms with Crippen LogP contribution in [-0.2, 0) is 0 Å². The van der Waals surface area contributed by atoms with Gasteiger partial charge in [-0.3, -0.25) is 4.31 Å². The fourth-order valence-electron chi connectivity index (χ4n) is 1.31. The molecule has 0 aliphatic rings. The summed E-state index contributed by atoms with van der Waals surface area (Å²) in [6, 6.07) is 0. The number of nitrogens with zero attached hydrogens (tertiary/aromatic N) is 1. The Bertz CT molecular complexity index is 92.1. The van der Waals surface area contributed by atoms with Crippen molar-refractivity contribution < 1.29 is 0 Å². The van der Waals surface area contributed by atoms with Crippen molar-refractivity contribution in [2.75, 3.05) is 18.8 Å². The lowest BCUT2D eigenvalue weighted by atomic mass is 10.2. The van der Waals surface area contributed by atoms with Gasteiger partial charge in [0, 0.05) is 18.8 Å². The van der Waals surface area contributed by atoms with Crippen molar-refractivity contribution in [2.45, 2.75) is 52.9 Å². The van der Waals surface area contributed by atoms with Crippen LogP contribution in [0.4, 0.5) is 0 Å². The van der Waals surface area contributed by atoms with Gasteiger partial charge in [0.1, 0.15) is 0 Å². The zero-order valence-electron chi connectivity index (χ0n) is 9.51. The smallest absolute Gasteiger partial charge is 0.00808 e. The van der Waals surface area contributed by atoms with Crippen molar-refractivity contribution in [1.29, 1.82) is 0 Å². The molecule has 0 aromatic rings. The van der Waals surface area contributed by atoms with Crippen LogP contribution in [0.3, 0.4) is 0 Å². The summed E-state index contributed by atoms with van der Waals surface area (Å²) in [5.74, 6) is 1.31. The van der Waals surface area contributed by atoms with Crippen LogP contribution in [0.15, 0.2) is 0 Å². The summed E-state index contributed by atoms with van der Waals surface area (Å²) in [7, 11) is 0. The molecule has 0 radical (unpaired) electrons. The highest BCUT2D eigenvalue weighted by molar-refractivity contribution is 7.97. The van der Waals surface area contributed by atoms with Crippen molar-refractivity contribution >= 4 is 11.9 Å². The molecule has 1 nitrogen and oxygen atoms in total. The van der Waals surface area contributed by atoms with Crippen LogP contribution in [0, 0.1) is 0 Å². The van der Waals surface area contributed by atoms with Crippen LogP contribution in [0.5, 0.6) is 0 Å². The molecule has 0 spiro atoms. The van der Waals surface area contributed by atoms with E-state index in [-0.39, 0.29) is 0 Å². The van der Waals surface area contributed by atoms with Gasteiger partial charge in [0.25, 0.3) is 0 Å². The van der Waals surface area contributed by atoms with E-state index < -0.39 is 0 Å². The molecule has 0 aromatic carbocycles. The highest BCUT2D eigenvalue weighted by atomic mass is 32.2. The maximum absolute atomic E-state index is 2.43.